The molecule has 3 aliphatic heterocycles. The lowest BCUT2D eigenvalue weighted by molar-refractivity contribution is -0.942. The molecule has 3 fully saturated rings. The van der Waals surface area contributed by atoms with Crippen molar-refractivity contribution >= 4 is 88.0 Å². The molecule has 6 rings (SSSR count). The molecule has 27 nitrogen and oxygen atoms in total. The lowest BCUT2D eigenvalue weighted by Gasteiger charge is -2.44. The number of aliphatic carboxylic acids is 2. The van der Waals surface area contributed by atoms with Crippen LogP contribution in [0.2, 0.25) is 0 Å². The molecular formula is C62H88N9O18S2+. The highest BCUT2D eigenvalue weighted by atomic mass is 32.2. The van der Waals surface area contributed by atoms with Crippen molar-refractivity contribution in [3.05, 3.63) is 75.7 Å². The van der Waals surface area contributed by atoms with Crippen molar-refractivity contribution in [1.82, 2.24) is 30.7 Å². The number of benzene rings is 2. The first-order chi connectivity index (χ1) is 43.0. The third kappa shape index (κ3) is 18.8. The predicted octanol–water partition coefficient (Wildman–Crippen LogP) is 2.34. The second-order valence-corrected chi connectivity index (χ2v) is 26.2. The number of rotatable bonds is 31. The molecule has 0 radical (unpaired) electrons. The van der Waals surface area contributed by atoms with Gasteiger partial charge in [0.05, 0.1) is 30.4 Å². The van der Waals surface area contributed by atoms with Crippen LogP contribution in [0.25, 0.3) is 0 Å². The first kappa shape index (κ1) is 72.9. The number of nitrogens with two attached hydrogens (primary N) is 1. The molecule has 500 valence electrons. The van der Waals surface area contributed by atoms with Crippen LogP contribution in [0.1, 0.15) is 126 Å². The van der Waals surface area contributed by atoms with Gasteiger partial charge in [-0.15, -0.1) is 11.3 Å². The topological polar surface area (TPSA) is 393 Å². The smallest absolute Gasteiger partial charge is 0.335 e. The van der Waals surface area contributed by atoms with Gasteiger partial charge < -0.3 is 76.1 Å². The number of thioether (sulfide) groups is 1. The van der Waals surface area contributed by atoms with E-state index in [2.05, 4.69) is 26.3 Å². The molecule has 7 amide bonds. The number of carboxylic acid groups (broad SMARTS) is 2. The molecule has 3 aliphatic rings. The molecule has 3 aromatic rings. The number of aromatic nitrogens is 1. The van der Waals surface area contributed by atoms with Gasteiger partial charge in [-0.25, -0.2) is 9.78 Å². The number of hydrogen-bond acceptors (Lipinski definition) is 20. The Morgan fingerprint density at radius 3 is 2.26 bits per heavy atom. The highest BCUT2D eigenvalue weighted by Crippen LogP contribution is 2.36. The van der Waals surface area contributed by atoms with Crippen LogP contribution in [-0.4, -0.2) is 210 Å². The summed E-state index contributed by atoms with van der Waals surface area (Å²) in [7, 11) is 3.52. The van der Waals surface area contributed by atoms with E-state index in [4.69, 9.17) is 19.9 Å². The zero-order chi connectivity index (χ0) is 67.2. The SMILES string of the molecule is CC[C@H](C)[C@H](NC(=O)[C@H]1CCCC[N+]1(C)Cc1ccc(OC2O[C@H](C(=O)O)[C@@H](O)[C@H](O)[C@H]2O)c(NC(=O)CCNC(=O)C(CN)N2C(=O)CC(SC)C2=O)c1)C(=O)N(C)[C@H](C[C@@H](OC(C)=O)c1nc(C(=O)N[C@@H](Cc2ccccc2)C[C@H](C)C(=O)O)cs1)C(C)C. The number of anilines is 1. The van der Waals surface area contributed by atoms with Gasteiger partial charge in [0.2, 0.25) is 35.8 Å². The number of carbonyl (C=O) groups is 10. The monoisotopic (exact) mass is 1310 g/mol. The number of amides is 7. The van der Waals surface area contributed by atoms with Crippen molar-refractivity contribution < 1.29 is 92.2 Å². The molecule has 3 saturated heterocycles. The Morgan fingerprint density at radius 2 is 1.65 bits per heavy atom. The van der Waals surface area contributed by atoms with E-state index in [1.807, 2.05) is 65.1 Å². The molecule has 2 aromatic carbocycles. The van der Waals surface area contributed by atoms with Crippen LogP contribution in [0.4, 0.5) is 5.69 Å². The maximum atomic E-state index is 15.0. The lowest BCUT2D eigenvalue weighted by atomic mass is 9.92. The zero-order valence-electron chi connectivity index (χ0n) is 52.8. The van der Waals surface area contributed by atoms with Crippen LogP contribution in [0, 0.1) is 17.8 Å². The maximum absolute atomic E-state index is 15.0. The average molecular weight is 1310 g/mol. The quantitative estimate of drug-likeness (QED) is 0.0251. The van der Waals surface area contributed by atoms with Crippen molar-refractivity contribution in [3.8, 4) is 5.75 Å². The number of thiazole rings is 1. The van der Waals surface area contributed by atoms with E-state index in [0.29, 0.717) is 42.8 Å². The number of nitrogens with one attached hydrogen (secondary N) is 4. The molecule has 0 spiro atoms. The number of carbonyl (C=O) groups excluding carboxylic acids is 8. The standard InChI is InChI=1S/C62H87N9O18S2/c1-10-33(4)49(59(82)69(7)41(32(2)3)27-45(87-35(6)72)57-67-40(31-91-57)54(78)65-38(24-34(5)60(83)84)25-36-16-12-11-13-17-36)68-56(80)43-18-14-15-23-71(43,8)30-37-19-20-44(88-62-52(77)50(75)51(76)53(89-62)61(85)86)39(26-37)66-47(73)21-22-64-55(79)42(29-63)70-48(74)28-46(90-9)58(70)81/h11-13,16-17,19-20,26,31-34,38,41-43,45-46,49-53,62,75-77H,10,14-15,18,21-25,27-30,63H2,1-9H3,(H5-,64,65,66,68,73,78,79,80,83,84,85,86)/p+1/t33-,34-,38+,41+,42?,43+,45+,46?,49-,50-,51-,52+,53-,62?,71?/m0/s1. The fourth-order valence-electron chi connectivity index (χ4n) is 11.8. The van der Waals surface area contributed by atoms with Gasteiger partial charge in [-0.05, 0) is 67.5 Å². The van der Waals surface area contributed by atoms with Crippen molar-refractivity contribution in [2.45, 2.75) is 178 Å². The Hall–Kier alpha value is -7.12. The number of imide groups is 1. The van der Waals surface area contributed by atoms with Crippen molar-refractivity contribution in [2.75, 3.05) is 45.3 Å². The first-order valence-electron chi connectivity index (χ1n) is 30.5. The summed E-state index contributed by atoms with van der Waals surface area (Å²) in [5.74, 6) is -8.70. The number of aliphatic hydroxyl groups is 3. The molecule has 11 N–H and O–H groups in total. The number of hydrogen-bond donors (Lipinski definition) is 10. The number of esters is 1. The number of nitrogens with zero attached hydrogens (tertiary/aromatic N) is 4. The second kappa shape index (κ2) is 32.9. The molecule has 91 heavy (non-hydrogen) atoms. The molecular weight excluding hydrogens is 1220 g/mol. The fourth-order valence-corrected chi connectivity index (χ4v) is 13.2. The Labute approximate surface area is 537 Å². The summed E-state index contributed by atoms with van der Waals surface area (Å²) in [6, 6.07) is 9.71. The molecule has 0 saturated carbocycles. The van der Waals surface area contributed by atoms with Crippen molar-refractivity contribution in [1.29, 1.82) is 0 Å². The van der Waals surface area contributed by atoms with Crippen LogP contribution in [0.3, 0.4) is 0 Å². The number of aliphatic hydroxyl groups excluding tert-OH is 3. The Kier molecular flexibility index (Phi) is 26.4. The first-order valence-corrected chi connectivity index (χ1v) is 32.7. The number of carboxylic acids is 2. The molecule has 29 heteroatoms. The molecule has 15 atom stereocenters. The molecule has 4 heterocycles. The maximum Gasteiger partial charge on any atom is 0.335 e. The van der Waals surface area contributed by atoms with Gasteiger partial charge >= 0.3 is 17.9 Å². The zero-order valence-corrected chi connectivity index (χ0v) is 54.4. The molecule has 1 aromatic heterocycles. The van der Waals surface area contributed by atoms with Crippen LogP contribution in [-0.2, 0) is 65.6 Å². The second-order valence-electron chi connectivity index (χ2n) is 24.3. The minimum absolute atomic E-state index is 0.0350. The van der Waals surface area contributed by atoms with E-state index in [1.165, 1.54) is 36.2 Å². The van der Waals surface area contributed by atoms with E-state index in [0.717, 1.165) is 28.2 Å². The summed E-state index contributed by atoms with van der Waals surface area (Å²) >= 11 is 2.27. The Morgan fingerprint density at radius 1 is 0.945 bits per heavy atom. The number of likely N-dealkylation sites (N-methyl/N-ethyl adjacent to an activating group) is 2. The number of quaternary nitrogens is 1. The third-order valence-electron chi connectivity index (χ3n) is 17.2. The minimum Gasteiger partial charge on any atom is -0.481 e. The van der Waals surface area contributed by atoms with Gasteiger partial charge in [0.1, 0.15) is 53.4 Å². The summed E-state index contributed by atoms with van der Waals surface area (Å²) in [6.45, 7) is 10.4. The summed E-state index contributed by atoms with van der Waals surface area (Å²) in [5, 5.41) is 63.8. The van der Waals surface area contributed by atoms with E-state index in [-0.39, 0.29) is 78.8 Å². The number of likely N-dealkylation sites (tertiary alicyclic amines) is 2. The van der Waals surface area contributed by atoms with Gasteiger partial charge in [0.25, 0.3) is 11.8 Å². The van der Waals surface area contributed by atoms with E-state index in [9.17, 15) is 68.7 Å². The molecule has 0 bridgehead atoms. The van der Waals surface area contributed by atoms with Crippen LogP contribution in [0.5, 0.6) is 5.75 Å². The number of ether oxygens (including phenoxy) is 3. The van der Waals surface area contributed by atoms with Gasteiger partial charge in [-0.2, -0.15) is 11.8 Å². The highest BCUT2D eigenvalue weighted by molar-refractivity contribution is 8.00. The molecule has 0 aliphatic carbocycles. The van der Waals surface area contributed by atoms with E-state index in [1.54, 1.807) is 31.2 Å². The van der Waals surface area contributed by atoms with Gasteiger partial charge in [0, 0.05) is 75.8 Å². The molecule has 4 unspecified atom stereocenters. The van der Waals surface area contributed by atoms with E-state index >= 15 is 4.79 Å². The number of piperidine rings is 1. The van der Waals surface area contributed by atoms with Gasteiger partial charge in [-0.3, -0.25) is 48.1 Å². The normalized spacial score (nSPS) is 24.0. The Balaban J connectivity index is 1.20. The lowest BCUT2D eigenvalue weighted by Crippen LogP contribution is -2.63. The van der Waals surface area contributed by atoms with Crippen molar-refractivity contribution in [3.63, 3.8) is 0 Å². The van der Waals surface area contributed by atoms with E-state index < -0.39 is 137 Å². The fraction of sp³-hybridized carbons (Fsp3) is 0.597. The summed E-state index contributed by atoms with van der Waals surface area (Å²) < 4.78 is 17.3. The van der Waals surface area contributed by atoms with Crippen molar-refractivity contribution in [2.24, 2.45) is 23.5 Å². The largest absolute Gasteiger partial charge is 0.481 e. The van der Waals surface area contributed by atoms with Crippen LogP contribution < -0.4 is 31.7 Å². The summed E-state index contributed by atoms with van der Waals surface area (Å²) in [4.78, 5) is 140. The predicted molar refractivity (Wildman–Crippen MR) is 333 cm³/mol. The average Bonchev–Trinajstić information content (AvgIpc) is 1.27. The summed E-state index contributed by atoms with van der Waals surface area (Å²) in [6.07, 6.45) is -6.77. The summed E-state index contributed by atoms with van der Waals surface area (Å²) in [5.41, 5.74) is 7.31. The third-order valence-corrected chi connectivity index (χ3v) is 19.1. The highest BCUT2D eigenvalue weighted by Gasteiger charge is 2.49. The van der Waals surface area contributed by atoms with Gasteiger partial charge in [0.15, 0.2) is 18.2 Å². The van der Waals surface area contributed by atoms with Crippen LogP contribution in [0.15, 0.2) is 53.9 Å². The van der Waals surface area contributed by atoms with Crippen LogP contribution >= 0.6 is 23.1 Å². The minimum atomic E-state index is -2.03. The van der Waals surface area contributed by atoms with Gasteiger partial charge in [-0.1, -0.05) is 71.4 Å². The Bertz CT molecular complexity index is 3080.